The third kappa shape index (κ3) is 4.25. The standard InChI is InChI=1S/C25H25ClN4S/c1-2-19-17-20-24(27-23(28-25(20)31-19)16-18-8-4-3-5-9-18)30-14-12-29(13-15-30)22-11-7-6-10-21(22)26/h3-11,17H,2,12-16H2,1H3. The summed E-state index contributed by atoms with van der Waals surface area (Å²) in [5.74, 6) is 1.97. The van der Waals surface area contributed by atoms with E-state index in [0.29, 0.717) is 0 Å². The van der Waals surface area contributed by atoms with E-state index in [9.17, 15) is 0 Å². The van der Waals surface area contributed by atoms with Crippen LogP contribution in [0.15, 0.2) is 60.7 Å². The Morgan fingerprint density at radius 2 is 1.61 bits per heavy atom. The average Bonchev–Trinajstić information content (AvgIpc) is 3.23. The van der Waals surface area contributed by atoms with E-state index in [2.05, 4.69) is 59.2 Å². The summed E-state index contributed by atoms with van der Waals surface area (Å²) in [7, 11) is 0. The number of anilines is 2. The highest BCUT2D eigenvalue weighted by Crippen LogP contribution is 2.33. The second kappa shape index (κ2) is 8.85. The number of para-hydroxylation sites is 1. The minimum absolute atomic E-state index is 0.753. The molecule has 158 valence electrons. The first kappa shape index (κ1) is 20.3. The van der Waals surface area contributed by atoms with Crippen LogP contribution < -0.4 is 9.80 Å². The molecular weight excluding hydrogens is 424 g/mol. The SMILES string of the molecule is CCc1cc2c(N3CCN(c4ccccc4Cl)CC3)nc(Cc3ccccc3)nc2s1. The molecule has 0 atom stereocenters. The van der Waals surface area contributed by atoms with Crippen molar-refractivity contribution in [3.8, 4) is 0 Å². The molecule has 0 bridgehead atoms. The Bertz CT molecular complexity index is 1180. The van der Waals surface area contributed by atoms with E-state index >= 15 is 0 Å². The lowest BCUT2D eigenvalue weighted by Gasteiger charge is -2.37. The molecule has 2 aromatic carbocycles. The van der Waals surface area contributed by atoms with Crippen molar-refractivity contribution in [2.75, 3.05) is 36.0 Å². The number of halogens is 1. The van der Waals surface area contributed by atoms with E-state index in [-0.39, 0.29) is 0 Å². The molecule has 1 saturated heterocycles. The van der Waals surface area contributed by atoms with Gasteiger partial charge in [0.2, 0.25) is 0 Å². The van der Waals surface area contributed by atoms with Gasteiger partial charge in [0.1, 0.15) is 16.5 Å². The van der Waals surface area contributed by atoms with E-state index in [1.165, 1.54) is 15.8 Å². The number of aromatic nitrogens is 2. The molecule has 0 N–H and O–H groups in total. The number of piperazine rings is 1. The molecule has 31 heavy (non-hydrogen) atoms. The molecule has 1 aliphatic rings. The summed E-state index contributed by atoms with van der Waals surface area (Å²) in [6.07, 6.45) is 1.78. The summed E-state index contributed by atoms with van der Waals surface area (Å²) in [6.45, 7) is 5.88. The van der Waals surface area contributed by atoms with Crippen molar-refractivity contribution in [2.24, 2.45) is 0 Å². The highest BCUT2D eigenvalue weighted by molar-refractivity contribution is 7.18. The number of rotatable bonds is 5. The predicted molar refractivity (Wildman–Crippen MR) is 132 cm³/mol. The third-order valence-corrected chi connectivity index (χ3v) is 7.29. The van der Waals surface area contributed by atoms with Crippen LogP contribution in [0.1, 0.15) is 23.2 Å². The molecule has 1 aliphatic heterocycles. The number of aryl methyl sites for hydroxylation is 1. The largest absolute Gasteiger partial charge is 0.367 e. The van der Waals surface area contributed by atoms with Crippen LogP contribution in [0.5, 0.6) is 0 Å². The molecule has 4 aromatic rings. The topological polar surface area (TPSA) is 32.3 Å². The summed E-state index contributed by atoms with van der Waals surface area (Å²) >= 11 is 8.22. The zero-order chi connectivity index (χ0) is 21.2. The quantitative estimate of drug-likeness (QED) is 0.384. The first-order valence-corrected chi connectivity index (χ1v) is 12.0. The number of nitrogens with zero attached hydrogens (tertiary/aromatic N) is 4. The van der Waals surface area contributed by atoms with Crippen LogP contribution in [-0.4, -0.2) is 36.1 Å². The van der Waals surface area contributed by atoms with Crippen molar-refractivity contribution >= 4 is 44.7 Å². The number of benzene rings is 2. The number of fused-ring (bicyclic) bond motifs is 1. The van der Waals surface area contributed by atoms with Crippen LogP contribution in [0, 0.1) is 0 Å². The maximum atomic E-state index is 6.43. The summed E-state index contributed by atoms with van der Waals surface area (Å²) < 4.78 is 0. The molecule has 1 fully saturated rings. The summed E-state index contributed by atoms with van der Waals surface area (Å²) in [5.41, 5.74) is 2.36. The Balaban J connectivity index is 1.44. The van der Waals surface area contributed by atoms with Crippen LogP contribution >= 0.6 is 22.9 Å². The van der Waals surface area contributed by atoms with Crippen LogP contribution in [0.2, 0.25) is 5.02 Å². The summed E-state index contributed by atoms with van der Waals surface area (Å²) in [6, 6.07) is 20.8. The molecule has 0 radical (unpaired) electrons. The van der Waals surface area contributed by atoms with Crippen LogP contribution in [0.3, 0.4) is 0 Å². The maximum absolute atomic E-state index is 6.43. The number of hydrogen-bond donors (Lipinski definition) is 0. The molecule has 5 rings (SSSR count). The van der Waals surface area contributed by atoms with Crippen molar-refractivity contribution in [1.29, 1.82) is 0 Å². The van der Waals surface area contributed by atoms with Gasteiger partial charge in [-0.15, -0.1) is 11.3 Å². The van der Waals surface area contributed by atoms with Gasteiger partial charge in [-0.05, 0) is 30.2 Å². The zero-order valence-corrected chi connectivity index (χ0v) is 19.2. The molecule has 3 heterocycles. The molecule has 0 unspecified atom stereocenters. The second-order valence-corrected chi connectivity index (χ2v) is 9.36. The number of hydrogen-bond acceptors (Lipinski definition) is 5. The van der Waals surface area contributed by atoms with Crippen molar-refractivity contribution in [3.05, 3.63) is 82.0 Å². The van der Waals surface area contributed by atoms with E-state index in [1.54, 1.807) is 11.3 Å². The lowest BCUT2D eigenvalue weighted by molar-refractivity contribution is 0.647. The first-order chi connectivity index (χ1) is 15.2. The Morgan fingerprint density at radius 3 is 2.35 bits per heavy atom. The molecule has 6 heteroatoms. The van der Waals surface area contributed by atoms with Crippen molar-refractivity contribution < 1.29 is 0 Å². The normalized spacial score (nSPS) is 14.4. The van der Waals surface area contributed by atoms with Gasteiger partial charge in [-0.25, -0.2) is 9.97 Å². The van der Waals surface area contributed by atoms with Gasteiger partial charge in [0.15, 0.2) is 0 Å². The van der Waals surface area contributed by atoms with Crippen molar-refractivity contribution in [2.45, 2.75) is 19.8 Å². The Hall–Kier alpha value is -2.63. The fraction of sp³-hybridized carbons (Fsp3) is 0.280. The van der Waals surface area contributed by atoms with Gasteiger partial charge in [0.25, 0.3) is 0 Å². The second-order valence-electron chi connectivity index (χ2n) is 7.84. The van der Waals surface area contributed by atoms with Gasteiger partial charge in [0.05, 0.1) is 16.1 Å². The van der Waals surface area contributed by atoms with E-state index in [4.69, 9.17) is 21.6 Å². The van der Waals surface area contributed by atoms with Crippen LogP contribution in [0.25, 0.3) is 10.2 Å². The van der Waals surface area contributed by atoms with E-state index in [0.717, 1.165) is 66.2 Å². The average molecular weight is 449 g/mol. The minimum atomic E-state index is 0.753. The molecule has 2 aromatic heterocycles. The first-order valence-electron chi connectivity index (χ1n) is 10.8. The molecule has 4 nitrogen and oxygen atoms in total. The minimum Gasteiger partial charge on any atom is -0.367 e. The maximum Gasteiger partial charge on any atom is 0.141 e. The van der Waals surface area contributed by atoms with Crippen LogP contribution in [-0.2, 0) is 12.8 Å². The number of thiophene rings is 1. The van der Waals surface area contributed by atoms with Gasteiger partial charge in [-0.2, -0.15) is 0 Å². The highest BCUT2D eigenvalue weighted by atomic mass is 35.5. The fourth-order valence-corrected chi connectivity index (χ4v) is 5.38. The lowest BCUT2D eigenvalue weighted by atomic mass is 10.1. The van der Waals surface area contributed by atoms with Gasteiger partial charge >= 0.3 is 0 Å². The molecular formula is C25H25ClN4S. The van der Waals surface area contributed by atoms with Crippen molar-refractivity contribution in [1.82, 2.24) is 9.97 Å². The zero-order valence-electron chi connectivity index (χ0n) is 17.6. The van der Waals surface area contributed by atoms with Crippen molar-refractivity contribution in [3.63, 3.8) is 0 Å². The van der Waals surface area contributed by atoms with Crippen LogP contribution in [0.4, 0.5) is 11.5 Å². The summed E-state index contributed by atoms with van der Waals surface area (Å²) in [5, 5.41) is 2.00. The van der Waals surface area contributed by atoms with E-state index in [1.807, 2.05) is 18.2 Å². The van der Waals surface area contributed by atoms with Gasteiger partial charge in [-0.3, -0.25) is 0 Å². The Labute approximate surface area is 192 Å². The Morgan fingerprint density at radius 1 is 0.903 bits per heavy atom. The van der Waals surface area contributed by atoms with Gasteiger partial charge < -0.3 is 9.80 Å². The highest BCUT2D eigenvalue weighted by Gasteiger charge is 2.23. The summed E-state index contributed by atoms with van der Waals surface area (Å²) in [4.78, 5) is 17.2. The molecule has 0 spiro atoms. The molecule has 0 amide bonds. The van der Waals surface area contributed by atoms with Gasteiger partial charge in [-0.1, -0.05) is 61.0 Å². The fourth-order valence-electron chi connectivity index (χ4n) is 4.14. The molecule has 0 saturated carbocycles. The smallest absolute Gasteiger partial charge is 0.141 e. The Kier molecular flexibility index (Phi) is 5.79. The van der Waals surface area contributed by atoms with Gasteiger partial charge in [0, 0.05) is 37.5 Å². The molecule has 0 aliphatic carbocycles. The lowest BCUT2D eigenvalue weighted by Crippen LogP contribution is -2.47. The third-order valence-electron chi connectivity index (χ3n) is 5.80. The predicted octanol–water partition coefficient (Wildman–Crippen LogP) is 5.82. The van der Waals surface area contributed by atoms with E-state index < -0.39 is 0 Å². The monoisotopic (exact) mass is 448 g/mol.